The van der Waals surface area contributed by atoms with Gasteiger partial charge in [0.05, 0.1) is 44.8 Å². The van der Waals surface area contributed by atoms with Gasteiger partial charge in [0, 0.05) is 0 Å². The number of hydrogen-bond donors (Lipinski definition) is 2. The molecule has 1 heterocycles. The normalized spacial score (nSPS) is 17.1. The first-order valence-corrected chi connectivity index (χ1v) is 10.2. The molecule has 0 spiro atoms. The van der Waals surface area contributed by atoms with Crippen LogP contribution in [0.2, 0.25) is 0 Å². The number of sulfonamides is 1. The predicted octanol–water partition coefficient (Wildman–Crippen LogP) is -0.754. The standard InChI is InChI=1S/C17H25N3O6S/c1-4-26-14-5-7-15(8-6-14)27(23,24)20-11-9-19(10-12-20)13(2)16(21)18-17(22)25-3/h5-8,13H,4,9-12H2,1-3H3,(H,18,21,22)/p+1/t13-/m0/s1. The van der Waals surface area contributed by atoms with Crippen LogP contribution in [0.25, 0.3) is 0 Å². The molecule has 1 aromatic rings. The maximum absolute atomic E-state index is 12.8. The number of rotatable bonds is 6. The van der Waals surface area contributed by atoms with E-state index in [4.69, 9.17) is 4.74 Å². The Kier molecular flexibility index (Phi) is 7.17. The Balaban J connectivity index is 1.97. The summed E-state index contributed by atoms with van der Waals surface area (Å²) in [7, 11) is -2.41. The van der Waals surface area contributed by atoms with E-state index in [1.807, 2.05) is 6.92 Å². The topological polar surface area (TPSA) is 106 Å². The zero-order chi connectivity index (χ0) is 20.0. The molecular weight excluding hydrogens is 374 g/mol. The van der Waals surface area contributed by atoms with E-state index < -0.39 is 28.1 Å². The van der Waals surface area contributed by atoms with Crippen molar-refractivity contribution in [2.45, 2.75) is 24.8 Å². The van der Waals surface area contributed by atoms with Crippen molar-refractivity contribution < 1.29 is 32.4 Å². The van der Waals surface area contributed by atoms with Crippen molar-refractivity contribution in [1.82, 2.24) is 9.62 Å². The number of nitrogens with zero attached hydrogens (tertiary/aromatic N) is 1. The molecule has 1 fully saturated rings. The second-order valence-electron chi connectivity index (χ2n) is 6.17. The number of piperazine rings is 1. The van der Waals surface area contributed by atoms with E-state index in [0.29, 0.717) is 38.5 Å². The molecule has 10 heteroatoms. The Morgan fingerprint density at radius 2 is 1.81 bits per heavy atom. The zero-order valence-corrected chi connectivity index (χ0v) is 16.5. The summed E-state index contributed by atoms with van der Waals surface area (Å²) < 4.78 is 36.7. The van der Waals surface area contributed by atoms with E-state index in [1.54, 1.807) is 19.1 Å². The fourth-order valence-corrected chi connectivity index (χ4v) is 4.36. The van der Waals surface area contributed by atoms with Crippen molar-refractivity contribution in [1.29, 1.82) is 0 Å². The van der Waals surface area contributed by atoms with Crippen LogP contribution in [-0.2, 0) is 19.6 Å². The van der Waals surface area contributed by atoms with Gasteiger partial charge in [0.2, 0.25) is 10.0 Å². The molecule has 27 heavy (non-hydrogen) atoms. The lowest BCUT2D eigenvalue weighted by molar-refractivity contribution is -0.917. The smallest absolute Gasteiger partial charge is 0.413 e. The Hall–Kier alpha value is -2.17. The molecule has 9 nitrogen and oxygen atoms in total. The molecule has 150 valence electrons. The quantitative estimate of drug-likeness (QED) is 0.651. The van der Waals surface area contributed by atoms with Crippen LogP contribution in [0.1, 0.15) is 13.8 Å². The third-order valence-corrected chi connectivity index (χ3v) is 6.47. The fourth-order valence-electron chi connectivity index (χ4n) is 2.92. The summed E-state index contributed by atoms with van der Waals surface area (Å²) in [6.07, 6.45) is -0.803. The number of nitrogens with one attached hydrogen (secondary N) is 2. The van der Waals surface area contributed by atoms with E-state index in [-0.39, 0.29) is 4.90 Å². The molecular formula is C17H26N3O6S+. The first kappa shape index (κ1) is 21.1. The summed E-state index contributed by atoms with van der Waals surface area (Å²) in [4.78, 5) is 24.3. The summed E-state index contributed by atoms with van der Waals surface area (Å²) in [5, 5.41) is 2.14. The van der Waals surface area contributed by atoms with Gasteiger partial charge in [-0.2, -0.15) is 4.31 Å². The summed E-state index contributed by atoms with van der Waals surface area (Å²) in [5.41, 5.74) is 0. The molecule has 0 saturated carbocycles. The number of imide groups is 1. The number of ether oxygens (including phenoxy) is 2. The van der Waals surface area contributed by atoms with Gasteiger partial charge in [-0.3, -0.25) is 10.1 Å². The fraction of sp³-hybridized carbons (Fsp3) is 0.529. The highest BCUT2D eigenvalue weighted by molar-refractivity contribution is 7.89. The molecule has 2 amide bonds. The van der Waals surface area contributed by atoms with Crippen LogP contribution in [0.4, 0.5) is 4.79 Å². The lowest BCUT2D eigenvalue weighted by Crippen LogP contribution is -3.19. The number of benzene rings is 1. The minimum atomic E-state index is -3.60. The van der Waals surface area contributed by atoms with Crippen LogP contribution >= 0.6 is 0 Å². The number of hydrogen-bond acceptors (Lipinski definition) is 6. The number of amides is 2. The lowest BCUT2D eigenvalue weighted by Gasteiger charge is -2.34. The predicted molar refractivity (Wildman–Crippen MR) is 97.1 cm³/mol. The number of carbonyl (C=O) groups is 2. The summed E-state index contributed by atoms with van der Waals surface area (Å²) >= 11 is 0. The zero-order valence-electron chi connectivity index (χ0n) is 15.7. The molecule has 1 aliphatic heterocycles. The highest BCUT2D eigenvalue weighted by Gasteiger charge is 2.34. The Morgan fingerprint density at radius 1 is 1.22 bits per heavy atom. The number of carbonyl (C=O) groups excluding carboxylic acids is 2. The Morgan fingerprint density at radius 3 is 2.33 bits per heavy atom. The third-order valence-electron chi connectivity index (χ3n) is 4.55. The second kappa shape index (κ2) is 9.16. The van der Waals surface area contributed by atoms with Crippen molar-refractivity contribution in [3.63, 3.8) is 0 Å². The van der Waals surface area contributed by atoms with Crippen LogP contribution < -0.4 is 15.0 Å². The van der Waals surface area contributed by atoms with Crippen LogP contribution in [0.15, 0.2) is 29.2 Å². The van der Waals surface area contributed by atoms with Gasteiger partial charge in [0.1, 0.15) is 5.75 Å². The average molecular weight is 400 g/mol. The Bertz CT molecular complexity index is 757. The van der Waals surface area contributed by atoms with Gasteiger partial charge in [0.15, 0.2) is 6.04 Å². The van der Waals surface area contributed by atoms with Gasteiger partial charge >= 0.3 is 6.09 Å². The van der Waals surface area contributed by atoms with Crippen molar-refractivity contribution in [3.8, 4) is 5.75 Å². The molecule has 0 bridgehead atoms. The first-order chi connectivity index (χ1) is 12.8. The second-order valence-corrected chi connectivity index (χ2v) is 8.11. The van der Waals surface area contributed by atoms with Crippen LogP contribution in [0.5, 0.6) is 5.75 Å². The highest BCUT2D eigenvalue weighted by atomic mass is 32.2. The van der Waals surface area contributed by atoms with E-state index in [1.165, 1.54) is 23.5 Å². The molecule has 2 rings (SSSR count). The average Bonchev–Trinajstić information content (AvgIpc) is 2.68. The van der Waals surface area contributed by atoms with Gasteiger partial charge < -0.3 is 14.4 Å². The van der Waals surface area contributed by atoms with Crippen molar-refractivity contribution in [3.05, 3.63) is 24.3 Å². The van der Waals surface area contributed by atoms with Gasteiger partial charge in [-0.1, -0.05) is 0 Å². The molecule has 2 N–H and O–H groups in total. The number of quaternary nitrogens is 1. The van der Waals surface area contributed by atoms with Crippen molar-refractivity contribution in [2.75, 3.05) is 39.9 Å². The van der Waals surface area contributed by atoms with Crippen LogP contribution in [-0.4, -0.2) is 70.7 Å². The van der Waals surface area contributed by atoms with Gasteiger partial charge in [-0.15, -0.1) is 0 Å². The summed E-state index contributed by atoms with van der Waals surface area (Å²) in [6.45, 7) is 5.58. The maximum atomic E-state index is 12.8. The molecule has 0 unspecified atom stereocenters. The number of alkyl carbamates (subject to hydrolysis) is 1. The highest BCUT2D eigenvalue weighted by Crippen LogP contribution is 2.19. The monoisotopic (exact) mass is 400 g/mol. The van der Waals surface area contributed by atoms with Crippen LogP contribution in [0, 0.1) is 0 Å². The van der Waals surface area contributed by atoms with Gasteiger partial charge in [-0.25, -0.2) is 13.2 Å². The first-order valence-electron chi connectivity index (χ1n) is 8.76. The van der Waals surface area contributed by atoms with E-state index in [2.05, 4.69) is 10.1 Å². The van der Waals surface area contributed by atoms with E-state index >= 15 is 0 Å². The number of methoxy groups -OCH3 is 1. The molecule has 0 aromatic heterocycles. The SMILES string of the molecule is CCOc1ccc(S(=O)(=O)N2CC[NH+]([C@@H](C)C(=O)NC(=O)OC)CC2)cc1. The van der Waals surface area contributed by atoms with E-state index in [9.17, 15) is 18.0 Å². The molecule has 1 aliphatic rings. The lowest BCUT2D eigenvalue weighted by atomic mass is 10.2. The third kappa shape index (κ3) is 5.18. The Labute approximate surface area is 159 Å². The summed E-state index contributed by atoms with van der Waals surface area (Å²) in [5.74, 6) is 0.177. The molecule has 1 aromatic carbocycles. The largest absolute Gasteiger partial charge is 0.494 e. The minimum absolute atomic E-state index is 0.214. The molecule has 0 aliphatic carbocycles. The maximum Gasteiger partial charge on any atom is 0.413 e. The van der Waals surface area contributed by atoms with Crippen molar-refractivity contribution in [2.24, 2.45) is 0 Å². The summed E-state index contributed by atoms with van der Waals surface area (Å²) in [6, 6.07) is 5.85. The molecule has 1 saturated heterocycles. The van der Waals surface area contributed by atoms with Crippen LogP contribution in [0.3, 0.4) is 0 Å². The van der Waals surface area contributed by atoms with Gasteiger partial charge in [0.25, 0.3) is 5.91 Å². The molecule has 0 radical (unpaired) electrons. The van der Waals surface area contributed by atoms with Crippen molar-refractivity contribution >= 4 is 22.0 Å². The minimum Gasteiger partial charge on any atom is -0.494 e. The van der Waals surface area contributed by atoms with Gasteiger partial charge in [-0.05, 0) is 38.1 Å². The van der Waals surface area contributed by atoms with E-state index in [0.717, 1.165) is 4.90 Å². The molecule has 1 atom stereocenters.